The number of anilines is 1. The quantitative estimate of drug-likeness (QED) is 0.809. The molecule has 1 unspecified atom stereocenters. The lowest BCUT2D eigenvalue weighted by atomic mass is 10.2. The molecule has 94 valence electrons. The molecule has 1 atom stereocenters. The van der Waals surface area contributed by atoms with Crippen molar-refractivity contribution in [3.8, 4) is 0 Å². The average molecular weight is 260 g/mol. The Labute approximate surface area is 110 Å². The van der Waals surface area contributed by atoms with Crippen LogP contribution in [0.25, 0.3) is 0 Å². The zero-order valence-electron chi connectivity index (χ0n) is 10.0. The molecule has 4 heteroatoms. The van der Waals surface area contributed by atoms with E-state index in [1.165, 1.54) is 5.56 Å². The molecular weight excluding hydrogens is 244 g/mol. The molecule has 2 rings (SSSR count). The summed E-state index contributed by atoms with van der Waals surface area (Å²) in [5, 5.41) is 0. The van der Waals surface area contributed by atoms with Gasteiger partial charge in [0, 0.05) is 12.2 Å². The predicted molar refractivity (Wildman–Crippen MR) is 75.4 cm³/mol. The third-order valence-electron chi connectivity index (χ3n) is 2.58. The number of nitrogens with one attached hydrogen (secondary N) is 1. The van der Waals surface area contributed by atoms with Crippen molar-refractivity contribution < 1.29 is 4.21 Å². The predicted octanol–water partition coefficient (Wildman–Crippen LogP) is 2.12. The van der Waals surface area contributed by atoms with Crippen LogP contribution in [0.1, 0.15) is 5.56 Å². The van der Waals surface area contributed by atoms with E-state index >= 15 is 0 Å². The zero-order chi connectivity index (χ0) is 12.8. The summed E-state index contributed by atoms with van der Waals surface area (Å²) in [7, 11) is -1.17. The van der Waals surface area contributed by atoms with Crippen LogP contribution in [0, 0.1) is 0 Å². The highest BCUT2D eigenvalue weighted by molar-refractivity contribution is 7.83. The Morgan fingerprint density at radius 1 is 1.00 bits per heavy atom. The Bertz CT molecular complexity index is 511. The van der Waals surface area contributed by atoms with Gasteiger partial charge in [-0.05, 0) is 36.2 Å². The topological polar surface area (TPSA) is 55.1 Å². The van der Waals surface area contributed by atoms with Gasteiger partial charge in [-0.3, -0.25) is 0 Å². The van der Waals surface area contributed by atoms with Gasteiger partial charge in [0.15, 0.2) is 0 Å². The van der Waals surface area contributed by atoms with E-state index < -0.39 is 11.0 Å². The van der Waals surface area contributed by atoms with Crippen LogP contribution >= 0.6 is 0 Å². The Kier molecular flexibility index (Phi) is 4.50. The van der Waals surface area contributed by atoms with Crippen LogP contribution in [0.15, 0.2) is 59.5 Å². The van der Waals surface area contributed by atoms with Gasteiger partial charge in [0.1, 0.15) is 11.0 Å². The molecule has 0 saturated heterocycles. The lowest BCUT2D eigenvalue weighted by Gasteiger charge is -2.05. The molecule has 0 spiro atoms. The fraction of sp³-hybridized carbons (Fsp3) is 0.143. The van der Waals surface area contributed by atoms with Crippen molar-refractivity contribution in [3.63, 3.8) is 0 Å². The molecule has 0 radical (unpaired) electrons. The number of hydrogen-bond donors (Lipinski definition) is 2. The highest BCUT2D eigenvalue weighted by Crippen LogP contribution is 2.08. The van der Waals surface area contributed by atoms with Gasteiger partial charge in [-0.25, -0.2) is 8.93 Å². The van der Waals surface area contributed by atoms with Crippen LogP contribution in [0.2, 0.25) is 0 Å². The summed E-state index contributed by atoms with van der Waals surface area (Å²) in [5.74, 6) is 0. The molecule has 0 fully saturated rings. The highest BCUT2D eigenvalue weighted by Gasteiger charge is 2.02. The monoisotopic (exact) mass is 260 g/mol. The fourth-order valence-electron chi connectivity index (χ4n) is 1.61. The smallest absolute Gasteiger partial charge is 0.124 e. The lowest BCUT2D eigenvalue weighted by molar-refractivity contribution is 0.671. The van der Waals surface area contributed by atoms with Crippen molar-refractivity contribution in [2.45, 2.75) is 11.3 Å². The van der Waals surface area contributed by atoms with Crippen molar-refractivity contribution in [2.75, 3.05) is 12.3 Å². The lowest BCUT2D eigenvalue weighted by Crippen LogP contribution is -2.20. The van der Waals surface area contributed by atoms with E-state index in [0.717, 1.165) is 11.3 Å². The molecule has 2 aromatic rings. The molecule has 0 aliphatic rings. The van der Waals surface area contributed by atoms with Gasteiger partial charge in [0.05, 0.1) is 4.90 Å². The van der Waals surface area contributed by atoms with Crippen molar-refractivity contribution >= 4 is 16.7 Å². The van der Waals surface area contributed by atoms with Crippen LogP contribution in [0.3, 0.4) is 0 Å². The van der Waals surface area contributed by atoms with Crippen LogP contribution in [0.5, 0.6) is 0 Å². The van der Waals surface area contributed by atoms with Crippen LogP contribution in [-0.4, -0.2) is 10.8 Å². The molecule has 3 nitrogen and oxygen atoms in total. The second kappa shape index (κ2) is 6.33. The third-order valence-corrected chi connectivity index (χ3v) is 3.75. The maximum Gasteiger partial charge on any atom is 0.124 e. The normalized spacial score (nSPS) is 12.2. The van der Waals surface area contributed by atoms with Gasteiger partial charge < -0.3 is 5.73 Å². The average Bonchev–Trinajstić information content (AvgIpc) is 2.40. The summed E-state index contributed by atoms with van der Waals surface area (Å²) in [6.07, 6.45) is 0.863. The first-order chi connectivity index (χ1) is 8.75. The van der Waals surface area contributed by atoms with E-state index in [1.807, 2.05) is 18.2 Å². The van der Waals surface area contributed by atoms with Gasteiger partial charge >= 0.3 is 0 Å². The van der Waals surface area contributed by atoms with Gasteiger partial charge in [-0.1, -0.05) is 30.3 Å². The number of benzene rings is 2. The van der Waals surface area contributed by atoms with Gasteiger partial charge in [-0.15, -0.1) is 0 Å². The van der Waals surface area contributed by atoms with Crippen molar-refractivity contribution in [1.29, 1.82) is 0 Å². The minimum absolute atomic E-state index is 0.681. The summed E-state index contributed by atoms with van der Waals surface area (Å²) in [6, 6.07) is 17.2. The maximum atomic E-state index is 11.9. The SMILES string of the molecule is Nc1ccc(S(=O)NCCc2ccccc2)cc1. The Balaban J connectivity index is 1.84. The van der Waals surface area contributed by atoms with E-state index in [2.05, 4.69) is 16.9 Å². The molecule has 0 amide bonds. The van der Waals surface area contributed by atoms with Gasteiger partial charge in [0.2, 0.25) is 0 Å². The second-order valence-electron chi connectivity index (χ2n) is 3.97. The van der Waals surface area contributed by atoms with E-state index in [1.54, 1.807) is 24.3 Å². The molecule has 0 saturated carbocycles. The van der Waals surface area contributed by atoms with E-state index in [9.17, 15) is 4.21 Å². The largest absolute Gasteiger partial charge is 0.399 e. The summed E-state index contributed by atoms with van der Waals surface area (Å²) < 4.78 is 14.9. The van der Waals surface area contributed by atoms with Crippen LogP contribution in [0.4, 0.5) is 5.69 Å². The van der Waals surface area contributed by atoms with Gasteiger partial charge in [0.25, 0.3) is 0 Å². The standard InChI is InChI=1S/C14H16N2OS/c15-13-6-8-14(9-7-13)18(17)16-11-10-12-4-2-1-3-5-12/h1-9,16H,10-11,15H2. The number of nitrogens with two attached hydrogens (primary N) is 1. The first-order valence-corrected chi connectivity index (χ1v) is 6.95. The molecule has 0 bridgehead atoms. The Morgan fingerprint density at radius 2 is 1.67 bits per heavy atom. The van der Waals surface area contributed by atoms with Crippen LogP contribution < -0.4 is 10.5 Å². The summed E-state index contributed by atoms with van der Waals surface area (Å²) >= 11 is 0. The minimum Gasteiger partial charge on any atom is -0.399 e. The molecule has 0 aliphatic heterocycles. The van der Waals surface area contributed by atoms with Crippen molar-refractivity contribution in [2.24, 2.45) is 0 Å². The molecule has 2 aromatic carbocycles. The molecule has 0 aromatic heterocycles. The van der Waals surface area contributed by atoms with E-state index in [0.29, 0.717) is 12.2 Å². The number of hydrogen-bond acceptors (Lipinski definition) is 2. The molecule has 0 heterocycles. The van der Waals surface area contributed by atoms with Gasteiger partial charge in [-0.2, -0.15) is 0 Å². The number of rotatable bonds is 5. The van der Waals surface area contributed by atoms with E-state index in [-0.39, 0.29) is 0 Å². The first-order valence-electron chi connectivity index (χ1n) is 5.80. The van der Waals surface area contributed by atoms with Crippen LogP contribution in [-0.2, 0) is 17.4 Å². The third kappa shape index (κ3) is 3.68. The fourth-order valence-corrected chi connectivity index (χ4v) is 2.44. The molecular formula is C14H16N2OS. The minimum atomic E-state index is -1.17. The summed E-state index contributed by atoms with van der Waals surface area (Å²) in [5.41, 5.74) is 7.50. The number of nitrogen functional groups attached to an aromatic ring is 1. The Morgan fingerprint density at radius 3 is 2.33 bits per heavy atom. The molecule has 0 aliphatic carbocycles. The second-order valence-corrected chi connectivity index (χ2v) is 5.27. The highest BCUT2D eigenvalue weighted by atomic mass is 32.2. The van der Waals surface area contributed by atoms with Crippen molar-refractivity contribution in [3.05, 3.63) is 60.2 Å². The molecule has 3 N–H and O–H groups in total. The molecule has 18 heavy (non-hydrogen) atoms. The maximum absolute atomic E-state index is 11.9. The van der Waals surface area contributed by atoms with Crippen molar-refractivity contribution in [1.82, 2.24) is 4.72 Å². The Hall–Kier alpha value is -1.65. The first kappa shape index (κ1) is 12.8. The van der Waals surface area contributed by atoms with E-state index in [4.69, 9.17) is 5.73 Å². The summed E-state index contributed by atoms with van der Waals surface area (Å²) in [4.78, 5) is 0.747. The summed E-state index contributed by atoms with van der Waals surface area (Å²) in [6.45, 7) is 0.682. The zero-order valence-corrected chi connectivity index (χ0v) is 10.8.